The van der Waals surface area contributed by atoms with Crippen LogP contribution in [0.2, 0.25) is 0 Å². The maximum atomic E-state index is 13.4. The van der Waals surface area contributed by atoms with Crippen molar-refractivity contribution in [2.24, 2.45) is 5.92 Å². The highest BCUT2D eigenvalue weighted by molar-refractivity contribution is 5.94. The van der Waals surface area contributed by atoms with E-state index in [-0.39, 0.29) is 17.9 Å². The summed E-state index contributed by atoms with van der Waals surface area (Å²) in [6, 6.07) is 2.79. The molecule has 0 heterocycles. The van der Waals surface area contributed by atoms with E-state index in [0.717, 1.165) is 18.6 Å². The fraction of sp³-hybridized carbons (Fsp3) is 0.467. The minimum Gasteiger partial charge on any atom is -0.481 e. The minimum atomic E-state index is -0.898. The molecule has 1 unspecified atom stereocenters. The van der Waals surface area contributed by atoms with Crippen molar-refractivity contribution in [2.75, 3.05) is 6.54 Å². The Kier molecular flexibility index (Phi) is 6.78. The molecule has 116 valence electrons. The van der Waals surface area contributed by atoms with E-state index in [9.17, 15) is 18.4 Å². The van der Waals surface area contributed by atoms with E-state index in [2.05, 4.69) is 5.32 Å². The van der Waals surface area contributed by atoms with E-state index >= 15 is 0 Å². The zero-order valence-corrected chi connectivity index (χ0v) is 11.9. The molecular formula is C15H19F2NO3. The number of carbonyl (C=O) groups is 2. The molecule has 0 saturated heterocycles. The van der Waals surface area contributed by atoms with Crippen LogP contribution in [0.1, 0.15) is 43.0 Å². The van der Waals surface area contributed by atoms with Crippen molar-refractivity contribution < 1.29 is 23.5 Å². The first kappa shape index (κ1) is 17.1. The molecule has 21 heavy (non-hydrogen) atoms. The van der Waals surface area contributed by atoms with Crippen LogP contribution < -0.4 is 5.32 Å². The normalized spacial score (nSPS) is 12.0. The Balaban J connectivity index is 2.43. The lowest BCUT2D eigenvalue weighted by Gasteiger charge is -2.14. The number of carbonyl (C=O) groups excluding carboxylic acids is 1. The molecule has 2 N–H and O–H groups in total. The zero-order chi connectivity index (χ0) is 15.8. The highest BCUT2D eigenvalue weighted by Gasteiger charge is 2.13. The summed E-state index contributed by atoms with van der Waals surface area (Å²) in [7, 11) is 0. The van der Waals surface area contributed by atoms with Crippen molar-refractivity contribution >= 4 is 11.9 Å². The van der Waals surface area contributed by atoms with Gasteiger partial charge in [-0.05, 0) is 30.9 Å². The Hall–Kier alpha value is -1.98. The van der Waals surface area contributed by atoms with Crippen LogP contribution in [0.3, 0.4) is 0 Å². The predicted molar refractivity (Wildman–Crippen MR) is 74.0 cm³/mol. The van der Waals surface area contributed by atoms with Gasteiger partial charge in [0.25, 0.3) is 5.91 Å². The number of halogens is 2. The minimum absolute atomic E-state index is 0.0963. The molecule has 6 heteroatoms. The molecule has 0 aliphatic heterocycles. The van der Waals surface area contributed by atoms with Gasteiger partial charge < -0.3 is 10.4 Å². The van der Waals surface area contributed by atoms with Gasteiger partial charge in [-0.1, -0.05) is 13.3 Å². The molecule has 0 aromatic heterocycles. The number of carboxylic acids is 1. The van der Waals surface area contributed by atoms with Crippen LogP contribution in [-0.4, -0.2) is 23.5 Å². The van der Waals surface area contributed by atoms with Crippen LogP contribution in [0.25, 0.3) is 0 Å². The van der Waals surface area contributed by atoms with Gasteiger partial charge in [0.1, 0.15) is 11.6 Å². The molecule has 4 nitrogen and oxygen atoms in total. The third-order valence-corrected chi connectivity index (χ3v) is 3.36. The van der Waals surface area contributed by atoms with Crippen molar-refractivity contribution in [2.45, 2.75) is 32.6 Å². The Morgan fingerprint density at radius 3 is 2.57 bits per heavy atom. The number of carboxylic acid groups (broad SMARTS) is 1. The number of aliphatic carboxylic acids is 1. The molecular weight excluding hydrogens is 280 g/mol. The summed E-state index contributed by atoms with van der Waals surface area (Å²) < 4.78 is 26.1. The van der Waals surface area contributed by atoms with Crippen molar-refractivity contribution in [3.63, 3.8) is 0 Å². The fourth-order valence-electron chi connectivity index (χ4n) is 2.04. The van der Waals surface area contributed by atoms with Gasteiger partial charge >= 0.3 is 5.97 Å². The number of benzene rings is 1. The average molecular weight is 299 g/mol. The molecule has 0 aliphatic rings. The fourth-order valence-corrected chi connectivity index (χ4v) is 2.04. The van der Waals surface area contributed by atoms with E-state index in [1.165, 1.54) is 0 Å². The molecule has 1 aromatic carbocycles. The Labute approximate surface area is 122 Å². The lowest BCUT2D eigenvalue weighted by molar-refractivity contribution is -0.137. The second-order valence-corrected chi connectivity index (χ2v) is 4.88. The van der Waals surface area contributed by atoms with Crippen molar-refractivity contribution in [1.82, 2.24) is 5.32 Å². The molecule has 0 radical (unpaired) electrons. The maximum Gasteiger partial charge on any atom is 0.303 e. The van der Waals surface area contributed by atoms with Crippen LogP contribution in [-0.2, 0) is 4.79 Å². The summed E-state index contributed by atoms with van der Waals surface area (Å²) in [4.78, 5) is 22.3. The summed E-state index contributed by atoms with van der Waals surface area (Å²) in [5.74, 6) is -2.87. The first-order chi connectivity index (χ1) is 9.93. The third kappa shape index (κ3) is 5.89. The highest BCUT2D eigenvalue weighted by Crippen LogP contribution is 2.15. The van der Waals surface area contributed by atoms with Gasteiger partial charge in [-0.3, -0.25) is 9.59 Å². The smallest absolute Gasteiger partial charge is 0.303 e. The van der Waals surface area contributed by atoms with Gasteiger partial charge in [-0.25, -0.2) is 8.78 Å². The standard InChI is InChI=1S/C15H19F2NO3/c1-2-10(3-6-14(19)20)7-8-18-15(21)12-5-4-11(16)9-13(12)17/h4-5,9-10H,2-3,6-8H2,1H3,(H,18,21)(H,19,20). The van der Waals surface area contributed by atoms with Gasteiger partial charge in [0, 0.05) is 19.0 Å². The summed E-state index contributed by atoms with van der Waals surface area (Å²) in [5.41, 5.74) is -0.199. The molecule has 1 rings (SSSR count). The van der Waals surface area contributed by atoms with Gasteiger partial charge in [-0.2, -0.15) is 0 Å². The Morgan fingerprint density at radius 2 is 2.00 bits per heavy atom. The van der Waals surface area contributed by atoms with Crippen LogP contribution in [0, 0.1) is 17.6 Å². The monoisotopic (exact) mass is 299 g/mol. The lowest BCUT2D eigenvalue weighted by Crippen LogP contribution is -2.27. The van der Waals surface area contributed by atoms with E-state index in [1.54, 1.807) is 0 Å². The third-order valence-electron chi connectivity index (χ3n) is 3.36. The van der Waals surface area contributed by atoms with Gasteiger partial charge in [0.2, 0.25) is 0 Å². The van der Waals surface area contributed by atoms with Crippen LogP contribution in [0.4, 0.5) is 8.78 Å². The molecule has 1 aromatic rings. The van der Waals surface area contributed by atoms with E-state index in [1.807, 2.05) is 6.92 Å². The predicted octanol–water partition coefficient (Wildman–Crippen LogP) is 2.98. The molecule has 1 amide bonds. The molecule has 0 spiro atoms. The number of nitrogens with one attached hydrogen (secondary N) is 1. The summed E-state index contributed by atoms with van der Waals surface area (Å²) >= 11 is 0. The van der Waals surface area contributed by atoms with Crippen LogP contribution >= 0.6 is 0 Å². The van der Waals surface area contributed by atoms with Gasteiger partial charge in [0.15, 0.2) is 0 Å². The van der Waals surface area contributed by atoms with Crippen LogP contribution in [0.5, 0.6) is 0 Å². The second kappa shape index (κ2) is 8.34. The van der Waals surface area contributed by atoms with Crippen LogP contribution in [0.15, 0.2) is 18.2 Å². The van der Waals surface area contributed by atoms with Crippen molar-refractivity contribution in [1.29, 1.82) is 0 Å². The molecule has 0 bridgehead atoms. The first-order valence-corrected chi connectivity index (χ1v) is 6.89. The SMILES string of the molecule is CCC(CCNC(=O)c1ccc(F)cc1F)CCC(=O)O. The Bertz CT molecular complexity index is 506. The number of hydrogen-bond acceptors (Lipinski definition) is 2. The molecule has 1 atom stereocenters. The lowest BCUT2D eigenvalue weighted by atomic mass is 9.96. The topological polar surface area (TPSA) is 66.4 Å². The molecule has 0 aliphatic carbocycles. The van der Waals surface area contributed by atoms with Crippen molar-refractivity contribution in [3.05, 3.63) is 35.4 Å². The number of rotatable bonds is 8. The van der Waals surface area contributed by atoms with E-state index < -0.39 is 23.5 Å². The van der Waals surface area contributed by atoms with Crippen molar-refractivity contribution in [3.8, 4) is 0 Å². The highest BCUT2D eigenvalue weighted by atomic mass is 19.1. The molecule has 0 saturated carbocycles. The van der Waals surface area contributed by atoms with Gasteiger partial charge in [-0.15, -0.1) is 0 Å². The summed E-state index contributed by atoms with van der Waals surface area (Å²) in [6.45, 7) is 2.28. The molecule has 0 fully saturated rings. The summed E-state index contributed by atoms with van der Waals surface area (Å²) in [5, 5.41) is 11.2. The average Bonchev–Trinajstić information content (AvgIpc) is 2.42. The van der Waals surface area contributed by atoms with Gasteiger partial charge in [0.05, 0.1) is 5.56 Å². The zero-order valence-electron chi connectivity index (χ0n) is 11.9. The quantitative estimate of drug-likeness (QED) is 0.775. The summed E-state index contributed by atoms with van der Waals surface area (Å²) in [6.07, 6.45) is 2.08. The first-order valence-electron chi connectivity index (χ1n) is 6.89. The Morgan fingerprint density at radius 1 is 1.29 bits per heavy atom. The van der Waals surface area contributed by atoms with E-state index in [0.29, 0.717) is 25.5 Å². The second-order valence-electron chi connectivity index (χ2n) is 4.88. The number of amides is 1. The maximum absolute atomic E-state index is 13.4. The largest absolute Gasteiger partial charge is 0.481 e. The van der Waals surface area contributed by atoms with E-state index in [4.69, 9.17) is 5.11 Å². The number of hydrogen-bond donors (Lipinski definition) is 2.